The van der Waals surface area contributed by atoms with Crippen molar-refractivity contribution in [2.24, 2.45) is 5.92 Å². The standard InChI is InChI=1S/C21H34N2O4S/c1-6-27-13-7-10-22-21(24)19-8-11-23(12-9-19)28(25,26)20-17(4)15(2)14-16(3)18(20)5/h14,19H,6-13H2,1-5H3,(H,22,24). The highest BCUT2D eigenvalue weighted by Crippen LogP contribution is 2.31. The summed E-state index contributed by atoms with van der Waals surface area (Å²) in [6.07, 6.45) is 1.90. The molecule has 1 saturated heterocycles. The third-order valence-electron chi connectivity index (χ3n) is 5.69. The monoisotopic (exact) mass is 410 g/mol. The van der Waals surface area contributed by atoms with Gasteiger partial charge in [0.05, 0.1) is 4.90 Å². The van der Waals surface area contributed by atoms with Crippen LogP contribution >= 0.6 is 0 Å². The molecular weight excluding hydrogens is 376 g/mol. The van der Waals surface area contributed by atoms with Crippen LogP contribution in [0.1, 0.15) is 48.4 Å². The van der Waals surface area contributed by atoms with E-state index in [4.69, 9.17) is 4.74 Å². The summed E-state index contributed by atoms with van der Waals surface area (Å²) in [4.78, 5) is 12.8. The molecule has 0 bridgehead atoms. The molecule has 1 aromatic rings. The molecule has 0 atom stereocenters. The number of nitrogens with one attached hydrogen (secondary N) is 1. The zero-order valence-corrected chi connectivity index (χ0v) is 18.6. The highest BCUT2D eigenvalue weighted by Gasteiger charge is 2.34. The van der Waals surface area contributed by atoms with Gasteiger partial charge in [0.1, 0.15) is 0 Å². The number of sulfonamides is 1. The van der Waals surface area contributed by atoms with Crippen molar-refractivity contribution in [1.29, 1.82) is 0 Å². The number of amides is 1. The van der Waals surface area contributed by atoms with Gasteiger partial charge in [0.2, 0.25) is 15.9 Å². The Labute approximate surface area is 169 Å². The molecule has 1 aliphatic rings. The summed E-state index contributed by atoms with van der Waals surface area (Å²) in [5, 5.41) is 2.94. The third kappa shape index (κ3) is 5.13. The number of aryl methyl sites for hydroxylation is 2. The van der Waals surface area contributed by atoms with Crippen molar-refractivity contribution in [2.45, 2.75) is 58.8 Å². The fraction of sp³-hybridized carbons (Fsp3) is 0.667. The van der Waals surface area contributed by atoms with Crippen molar-refractivity contribution >= 4 is 15.9 Å². The molecule has 6 nitrogen and oxygen atoms in total. The van der Waals surface area contributed by atoms with E-state index in [1.165, 1.54) is 0 Å². The Morgan fingerprint density at radius 3 is 2.25 bits per heavy atom. The van der Waals surface area contributed by atoms with E-state index in [1.807, 2.05) is 40.7 Å². The van der Waals surface area contributed by atoms with Gasteiger partial charge >= 0.3 is 0 Å². The molecule has 2 rings (SSSR count). The van der Waals surface area contributed by atoms with Gasteiger partial charge in [-0.25, -0.2) is 8.42 Å². The second-order valence-corrected chi connectivity index (χ2v) is 9.48. The summed E-state index contributed by atoms with van der Waals surface area (Å²) in [5.41, 5.74) is 3.61. The predicted molar refractivity (Wildman–Crippen MR) is 111 cm³/mol. The average Bonchev–Trinajstić information content (AvgIpc) is 2.66. The Kier molecular flexibility index (Phi) is 8.04. The lowest BCUT2D eigenvalue weighted by Crippen LogP contribution is -2.43. The molecule has 158 valence electrons. The second-order valence-electron chi connectivity index (χ2n) is 7.61. The summed E-state index contributed by atoms with van der Waals surface area (Å²) in [6, 6.07) is 2.03. The molecular formula is C21H34N2O4S. The van der Waals surface area contributed by atoms with E-state index in [-0.39, 0.29) is 11.8 Å². The molecule has 0 radical (unpaired) electrons. The van der Waals surface area contributed by atoms with Gasteiger partial charge in [0.15, 0.2) is 0 Å². The van der Waals surface area contributed by atoms with Crippen LogP contribution in [-0.2, 0) is 19.6 Å². The maximum absolute atomic E-state index is 13.3. The first kappa shape index (κ1) is 22.8. The quantitative estimate of drug-likeness (QED) is 0.669. The normalized spacial score (nSPS) is 16.3. The van der Waals surface area contributed by atoms with Crippen LogP contribution in [-0.4, -0.2) is 51.5 Å². The summed E-state index contributed by atoms with van der Waals surface area (Å²) in [5.74, 6) is -0.104. The van der Waals surface area contributed by atoms with Crippen LogP contribution in [0.3, 0.4) is 0 Å². The van der Waals surface area contributed by atoms with Crippen molar-refractivity contribution in [3.63, 3.8) is 0 Å². The number of rotatable bonds is 8. The van der Waals surface area contributed by atoms with Gasteiger partial charge in [0, 0.05) is 38.8 Å². The van der Waals surface area contributed by atoms with Crippen molar-refractivity contribution < 1.29 is 17.9 Å². The molecule has 0 spiro atoms. The first-order valence-electron chi connectivity index (χ1n) is 10.1. The summed E-state index contributed by atoms with van der Waals surface area (Å²) in [7, 11) is -3.56. The molecule has 28 heavy (non-hydrogen) atoms. The lowest BCUT2D eigenvalue weighted by Gasteiger charge is -2.31. The zero-order chi connectivity index (χ0) is 20.9. The summed E-state index contributed by atoms with van der Waals surface area (Å²) in [6.45, 7) is 12.3. The molecule has 0 aromatic heterocycles. The number of carbonyl (C=O) groups excluding carboxylic acids is 1. The topological polar surface area (TPSA) is 75.7 Å². The third-order valence-corrected chi connectivity index (χ3v) is 7.86. The van der Waals surface area contributed by atoms with E-state index < -0.39 is 10.0 Å². The van der Waals surface area contributed by atoms with E-state index in [1.54, 1.807) is 4.31 Å². The predicted octanol–water partition coefficient (Wildman–Crippen LogP) is 2.86. The van der Waals surface area contributed by atoms with Gasteiger partial charge in [-0.15, -0.1) is 0 Å². The lowest BCUT2D eigenvalue weighted by molar-refractivity contribution is -0.126. The van der Waals surface area contributed by atoms with Crippen LogP contribution < -0.4 is 5.32 Å². The van der Waals surface area contributed by atoms with Gasteiger partial charge in [-0.1, -0.05) is 6.07 Å². The molecule has 1 N–H and O–H groups in total. The van der Waals surface area contributed by atoms with Crippen LogP contribution in [0, 0.1) is 33.6 Å². The Bertz CT molecular complexity index is 771. The van der Waals surface area contributed by atoms with E-state index in [0.717, 1.165) is 28.7 Å². The van der Waals surface area contributed by atoms with Gasteiger partial charge in [-0.05, 0) is 76.1 Å². The van der Waals surface area contributed by atoms with Gasteiger partial charge in [0.25, 0.3) is 0 Å². The largest absolute Gasteiger partial charge is 0.382 e. The SMILES string of the molecule is CCOCCCNC(=O)C1CCN(S(=O)(=O)c2c(C)c(C)cc(C)c2C)CC1. The highest BCUT2D eigenvalue weighted by molar-refractivity contribution is 7.89. The van der Waals surface area contributed by atoms with Crippen LogP contribution in [0.2, 0.25) is 0 Å². The van der Waals surface area contributed by atoms with Crippen LogP contribution in [0.25, 0.3) is 0 Å². The fourth-order valence-electron chi connectivity index (χ4n) is 3.73. The van der Waals surface area contributed by atoms with Crippen molar-refractivity contribution in [2.75, 3.05) is 32.8 Å². The molecule has 0 aliphatic carbocycles. The molecule has 1 fully saturated rings. The number of benzene rings is 1. The molecule has 1 heterocycles. The smallest absolute Gasteiger partial charge is 0.243 e. The Balaban J connectivity index is 2.00. The molecule has 0 unspecified atom stereocenters. The maximum Gasteiger partial charge on any atom is 0.243 e. The zero-order valence-electron chi connectivity index (χ0n) is 17.8. The minimum atomic E-state index is -3.56. The first-order chi connectivity index (χ1) is 13.2. The maximum atomic E-state index is 13.3. The van der Waals surface area contributed by atoms with Crippen molar-refractivity contribution in [3.05, 3.63) is 28.3 Å². The molecule has 1 aliphatic heterocycles. The number of nitrogens with zero attached hydrogens (tertiary/aromatic N) is 1. The Hall–Kier alpha value is -1.44. The number of hydrogen-bond donors (Lipinski definition) is 1. The van der Waals surface area contributed by atoms with E-state index in [9.17, 15) is 13.2 Å². The lowest BCUT2D eigenvalue weighted by atomic mass is 9.97. The van der Waals surface area contributed by atoms with Crippen molar-refractivity contribution in [3.8, 4) is 0 Å². The molecule has 1 amide bonds. The molecule has 7 heteroatoms. The fourth-order valence-corrected chi connectivity index (χ4v) is 5.78. The van der Waals surface area contributed by atoms with Gasteiger partial charge in [-0.2, -0.15) is 4.31 Å². The van der Waals surface area contributed by atoms with Crippen LogP contribution in [0.15, 0.2) is 11.0 Å². The number of hydrogen-bond acceptors (Lipinski definition) is 4. The van der Waals surface area contributed by atoms with Crippen LogP contribution in [0.4, 0.5) is 0 Å². The Morgan fingerprint density at radius 2 is 1.71 bits per heavy atom. The summed E-state index contributed by atoms with van der Waals surface area (Å²) >= 11 is 0. The average molecular weight is 411 g/mol. The number of ether oxygens (including phenoxy) is 1. The molecule has 0 saturated carbocycles. The number of piperidine rings is 1. The van der Waals surface area contributed by atoms with E-state index in [2.05, 4.69) is 5.32 Å². The van der Waals surface area contributed by atoms with E-state index >= 15 is 0 Å². The molecule has 1 aromatic carbocycles. The number of carbonyl (C=O) groups is 1. The van der Waals surface area contributed by atoms with Crippen LogP contribution in [0.5, 0.6) is 0 Å². The first-order valence-corrected chi connectivity index (χ1v) is 11.6. The van der Waals surface area contributed by atoms with Crippen molar-refractivity contribution in [1.82, 2.24) is 9.62 Å². The minimum Gasteiger partial charge on any atom is -0.382 e. The highest BCUT2D eigenvalue weighted by atomic mass is 32.2. The summed E-state index contributed by atoms with van der Waals surface area (Å²) < 4.78 is 33.4. The van der Waals surface area contributed by atoms with Gasteiger partial charge < -0.3 is 10.1 Å². The second kappa shape index (κ2) is 9.85. The van der Waals surface area contributed by atoms with E-state index in [0.29, 0.717) is 50.6 Å². The van der Waals surface area contributed by atoms with Gasteiger partial charge in [-0.3, -0.25) is 4.79 Å². The minimum absolute atomic E-state index is 0.0207. The Morgan fingerprint density at radius 1 is 1.14 bits per heavy atom.